The van der Waals surface area contributed by atoms with Gasteiger partial charge in [-0.25, -0.2) is 0 Å². The number of allylic oxidation sites excluding steroid dienone is 1. The van der Waals surface area contributed by atoms with E-state index in [1.807, 2.05) is 12.3 Å². The lowest BCUT2D eigenvalue weighted by Crippen LogP contribution is -1.99. The standard InChI is InChI=1S/C10H12N2S/c1-6(4-11)10(12)9-5-13-8(3)7(9)2/h5H,12H2,1-3H3/b10-6-. The van der Waals surface area contributed by atoms with E-state index in [-0.39, 0.29) is 0 Å². The van der Waals surface area contributed by atoms with Gasteiger partial charge < -0.3 is 5.73 Å². The molecule has 0 saturated carbocycles. The lowest BCUT2D eigenvalue weighted by molar-refractivity contribution is 1.35. The third kappa shape index (κ3) is 1.73. The summed E-state index contributed by atoms with van der Waals surface area (Å²) >= 11 is 1.66. The maximum absolute atomic E-state index is 8.68. The number of nitrogens with zero attached hydrogens (tertiary/aromatic N) is 1. The molecule has 1 heterocycles. The summed E-state index contributed by atoms with van der Waals surface area (Å²) < 4.78 is 0. The van der Waals surface area contributed by atoms with Crippen molar-refractivity contribution in [2.45, 2.75) is 20.8 Å². The minimum Gasteiger partial charge on any atom is -0.397 e. The largest absolute Gasteiger partial charge is 0.397 e. The number of hydrogen-bond donors (Lipinski definition) is 1. The number of nitriles is 1. The molecule has 0 saturated heterocycles. The molecular formula is C10H12N2S. The summed E-state index contributed by atoms with van der Waals surface area (Å²) in [4.78, 5) is 1.25. The van der Waals surface area contributed by atoms with Crippen LogP contribution in [0.25, 0.3) is 5.70 Å². The first-order valence-electron chi connectivity index (χ1n) is 3.99. The second kappa shape index (κ2) is 3.63. The molecule has 1 aromatic rings. The van der Waals surface area contributed by atoms with Gasteiger partial charge >= 0.3 is 0 Å². The van der Waals surface area contributed by atoms with Gasteiger partial charge in [0.25, 0.3) is 0 Å². The summed E-state index contributed by atoms with van der Waals surface area (Å²) in [6, 6.07) is 2.06. The average Bonchev–Trinajstić information content (AvgIpc) is 2.45. The molecule has 0 unspecified atom stereocenters. The smallest absolute Gasteiger partial charge is 0.0965 e. The Bertz CT molecular complexity index is 394. The molecule has 2 N–H and O–H groups in total. The molecule has 1 aromatic heterocycles. The normalized spacial score (nSPS) is 12.2. The summed E-state index contributed by atoms with van der Waals surface area (Å²) in [6.45, 7) is 5.82. The van der Waals surface area contributed by atoms with Crippen molar-refractivity contribution >= 4 is 17.0 Å². The third-order valence-electron chi connectivity index (χ3n) is 2.15. The van der Waals surface area contributed by atoms with Crippen LogP contribution in [0.1, 0.15) is 22.9 Å². The highest BCUT2D eigenvalue weighted by Gasteiger charge is 2.08. The molecule has 0 aliphatic rings. The molecule has 1 rings (SSSR count). The molecule has 0 bridgehead atoms. The van der Waals surface area contributed by atoms with E-state index in [2.05, 4.69) is 13.0 Å². The van der Waals surface area contributed by atoms with Crippen molar-refractivity contribution in [1.82, 2.24) is 0 Å². The van der Waals surface area contributed by atoms with Crippen LogP contribution in [0.4, 0.5) is 0 Å². The Balaban J connectivity index is 3.26. The molecule has 13 heavy (non-hydrogen) atoms. The lowest BCUT2D eigenvalue weighted by Gasteiger charge is -2.01. The van der Waals surface area contributed by atoms with E-state index in [4.69, 9.17) is 11.0 Å². The third-order valence-corrected chi connectivity index (χ3v) is 3.16. The van der Waals surface area contributed by atoms with Crippen LogP contribution in [0, 0.1) is 25.2 Å². The van der Waals surface area contributed by atoms with Gasteiger partial charge in [-0.1, -0.05) is 0 Å². The van der Waals surface area contributed by atoms with Crippen molar-refractivity contribution in [2.24, 2.45) is 5.73 Å². The Morgan fingerprint density at radius 2 is 2.15 bits per heavy atom. The minimum atomic E-state index is 0.584. The second-order valence-corrected chi connectivity index (χ2v) is 4.06. The fourth-order valence-corrected chi connectivity index (χ4v) is 1.93. The van der Waals surface area contributed by atoms with Gasteiger partial charge in [-0.2, -0.15) is 5.26 Å². The quantitative estimate of drug-likeness (QED) is 0.695. The van der Waals surface area contributed by atoms with Crippen LogP contribution in [0.5, 0.6) is 0 Å². The van der Waals surface area contributed by atoms with Crippen molar-refractivity contribution in [3.05, 3.63) is 27.0 Å². The highest BCUT2D eigenvalue weighted by atomic mass is 32.1. The molecule has 0 aromatic carbocycles. The fraction of sp³-hybridized carbons (Fsp3) is 0.300. The molecule has 68 valence electrons. The maximum atomic E-state index is 8.68. The second-order valence-electron chi connectivity index (χ2n) is 2.98. The summed E-state index contributed by atoms with van der Waals surface area (Å²) in [5, 5.41) is 10.7. The fourth-order valence-electron chi connectivity index (χ4n) is 1.04. The molecule has 0 spiro atoms. The van der Waals surface area contributed by atoms with E-state index in [0.29, 0.717) is 11.3 Å². The van der Waals surface area contributed by atoms with E-state index in [0.717, 1.165) is 5.56 Å². The predicted octanol–water partition coefficient (Wildman–Crippen LogP) is 2.58. The van der Waals surface area contributed by atoms with Crippen LogP contribution >= 0.6 is 11.3 Å². The van der Waals surface area contributed by atoms with Gasteiger partial charge in [-0.15, -0.1) is 11.3 Å². The van der Waals surface area contributed by atoms with Crippen LogP contribution in [0.2, 0.25) is 0 Å². The number of thiophene rings is 1. The van der Waals surface area contributed by atoms with Crippen molar-refractivity contribution in [1.29, 1.82) is 5.26 Å². The predicted molar refractivity (Wildman–Crippen MR) is 56.2 cm³/mol. The Labute approximate surface area is 82.3 Å². The van der Waals surface area contributed by atoms with Crippen LogP contribution in [-0.2, 0) is 0 Å². The van der Waals surface area contributed by atoms with Gasteiger partial charge in [0.2, 0.25) is 0 Å². The first kappa shape index (κ1) is 9.82. The minimum absolute atomic E-state index is 0.584. The van der Waals surface area contributed by atoms with Gasteiger partial charge in [0.15, 0.2) is 0 Å². The Hall–Kier alpha value is -1.27. The van der Waals surface area contributed by atoms with Crippen molar-refractivity contribution < 1.29 is 0 Å². The summed E-state index contributed by atoms with van der Waals surface area (Å²) in [7, 11) is 0. The van der Waals surface area contributed by atoms with Crippen LogP contribution in [0.15, 0.2) is 11.0 Å². The Morgan fingerprint density at radius 3 is 2.54 bits per heavy atom. The molecule has 0 atom stereocenters. The molecule has 0 radical (unpaired) electrons. The zero-order valence-electron chi connectivity index (χ0n) is 8.01. The highest BCUT2D eigenvalue weighted by molar-refractivity contribution is 7.10. The Kier molecular flexibility index (Phi) is 2.74. The first-order chi connectivity index (χ1) is 6.07. The van der Waals surface area contributed by atoms with Crippen LogP contribution < -0.4 is 5.73 Å². The maximum Gasteiger partial charge on any atom is 0.0965 e. The van der Waals surface area contributed by atoms with Crippen LogP contribution in [-0.4, -0.2) is 0 Å². The monoisotopic (exact) mass is 192 g/mol. The van der Waals surface area contributed by atoms with Gasteiger partial charge in [-0.3, -0.25) is 0 Å². The summed E-state index contributed by atoms with van der Waals surface area (Å²) in [6.07, 6.45) is 0. The van der Waals surface area contributed by atoms with Crippen LogP contribution in [0.3, 0.4) is 0 Å². The molecule has 0 aliphatic heterocycles. The molecule has 0 amide bonds. The summed E-state index contributed by atoms with van der Waals surface area (Å²) in [5.41, 5.74) is 9.19. The van der Waals surface area contributed by atoms with E-state index < -0.39 is 0 Å². The summed E-state index contributed by atoms with van der Waals surface area (Å²) in [5.74, 6) is 0. The molecule has 3 heteroatoms. The number of hydrogen-bond acceptors (Lipinski definition) is 3. The molecule has 0 fully saturated rings. The lowest BCUT2D eigenvalue weighted by atomic mass is 10.1. The molecule has 2 nitrogen and oxygen atoms in total. The zero-order chi connectivity index (χ0) is 10.0. The SMILES string of the molecule is C/C(C#N)=C(/N)c1csc(C)c1C. The zero-order valence-corrected chi connectivity index (χ0v) is 8.83. The average molecular weight is 192 g/mol. The van der Waals surface area contributed by atoms with E-state index in [9.17, 15) is 0 Å². The highest BCUT2D eigenvalue weighted by Crippen LogP contribution is 2.25. The van der Waals surface area contributed by atoms with Gasteiger partial charge in [-0.05, 0) is 26.3 Å². The number of aryl methyl sites for hydroxylation is 1. The topological polar surface area (TPSA) is 49.8 Å². The van der Waals surface area contributed by atoms with Gasteiger partial charge in [0, 0.05) is 21.4 Å². The molecular weight excluding hydrogens is 180 g/mol. The first-order valence-corrected chi connectivity index (χ1v) is 4.87. The Morgan fingerprint density at radius 1 is 1.54 bits per heavy atom. The van der Waals surface area contributed by atoms with E-state index >= 15 is 0 Å². The number of rotatable bonds is 1. The van der Waals surface area contributed by atoms with Crippen molar-refractivity contribution in [2.75, 3.05) is 0 Å². The van der Waals surface area contributed by atoms with Crippen molar-refractivity contribution in [3.8, 4) is 6.07 Å². The molecule has 0 aliphatic carbocycles. The van der Waals surface area contributed by atoms with Gasteiger partial charge in [0.05, 0.1) is 11.8 Å². The van der Waals surface area contributed by atoms with Crippen molar-refractivity contribution in [3.63, 3.8) is 0 Å². The van der Waals surface area contributed by atoms with E-state index in [1.165, 1.54) is 10.4 Å². The van der Waals surface area contributed by atoms with E-state index in [1.54, 1.807) is 18.3 Å². The van der Waals surface area contributed by atoms with Gasteiger partial charge in [0.1, 0.15) is 0 Å². The number of nitrogens with two attached hydrogens (primary N) is 1.